The summed E-state index contributed by atoms with van der Waals surface area (Å²) in [6.45, 7) is 4.36. The van der Waals surface area contributed by atoms with Crippen LogP contribution in [0.3, 0.4) is 0 Å². The van der Waals surface area contributed by atoms with Crippen molar-refractivity contribution in [1.29, 1.82) is 0 Å². The maximum Gasteiger partial charge on any atom is 0.172 e. The SMILES string of the molecule is COc1csc(C(=O)CCCC(C)C)c1. The van der Waals surface area contributed by atoms with E-state index < -0.39 is 0 Å². The molecule has 0 atom stereocenters. The molecule has 1 rings (SSSR count). The summed E-state index contributed by atoms with van der Waals surface area (Å²) in [6.07, 6.45) is 2.76. The maximum absolute atomic E-state index is 11.7. The van der Waals surface area contributed by atoms with Crippen molar-refractivity contribution in [3.8, 4) is 5.75 Å². The average molecular weight is 226 g/mol. The molecule has 2 nitrogen and oxygen atoms in total. The third-order valence-electron chi connectivity index (χ3n) is 2.27. The Morgan fingerprint density at radius 1 is 1.53 bits per heavy atom. The van der Waals surface area contributed by atoms with Crippen LogP contribution in [0, 0.1) is 5.92 Å². The van der Waals surface area contributed by atoms with E-state index in [1.165, 1.54) is 11.3 Å². The van der Waals surface area contributed by atoms with Gasteiger partial charge in [-0.3, -0.25) is 4.79 Å². The molecule has 0 fully saturated rings. The molecule has 0 aliphatic carbocycles. The Bertz CT molecular complexity index is 315. The first-order valence-corrected chi connectivity index (χ1v) is 6.17. The molecule has 0 amide bonds. The van der Waals surface area contributed by atoms with Crippen molar-refractivity contribution < 1.29 is 9.53 Å². The highest BCUT2D eigenvalue weighted by molar-refractivity contribution is 7.12. The minimum Gasteiger partial charge on any atom is -0.496 e. The second-order valence-corrected chi connectivity index (χ2v) is 4.97. The van der Waals surface area contributed by atoms with Crippen molar-refractivity contribution in [2.75, 3.05) is 7.11 Å². The van der Waals surface area contributed by atoms with Crippen molar-refractivity contribution in [3.63, 3.8) is 0 Å². The highest BCUT2D eigenvalue weighted by Gasteiger charge is 2.09. The van der Waals surface area contributed by atoms with Gasteiger partial charge in [0, 0.05) is 17.9 Å². The Morgan fingerprint density at radius 3 is 2.80 bits per heavy atom. The number of carbonyl (C=O) groups excluding carboxylic acids is 1. The van der Waals surface area contributed by atoms with Crippen LogP contribution in [0.5, 0.6) is 5.75 Å². The van der Waals surface area contributed by atoms with E-state index in [1.807, 2.05) is 11.4 Å². The molecule has 15 heavy (non-hydrogen) atoms. The largest absolute Gasteiger partial charge is 0.496 e. The number of carbonyl (C=O) groups is 1. The lowest BCUT2D eigenvalue weighted by Crippen LogP contribution is -1.97. The van der Waals surface area contributed by atoms with E-state index in [0.29, 0.717) is 12.3 Å². The number of methoxy groups -OCH3 is 1. The van der Waals surface area contributed by atoms with Crippen LogP contribution < -0.4 is 4.74 Å². The molecule has 0 bridgehead atoms. The number of Topliss-reactive ketones (excluding diaryl/α,β-unsaturated/α-hetero) is 1. The lowest BCUT2D eigenvalue weighted by molar-refractivity contribution is 0.0982. The van der Waals surface area contributed by atoms with Gasteiger partial charge in [0.05, 0.1) is 12.0 Å². The number of thiophene rings is 1. The molecule has 0 aliphatic heterocycles. The second kappa shape index (κ2) is 5.91. The third-order valence-corrected chi connectivity index (χ3v) is 3.22. The first-order chi connectivity index (χ1) is 7.13. The lowest BCUT2D eigenvalue weighted by atomic mass is 10.0. The van der Waals surface area contributed by atoms with Crippen molar-refractivity contribution >= 4 is 17.1 Å². The fourth-order valence-corrected chi connectivity index (χ4v) is 2.19. The van der Waals surface area contributed by atoms with Crippen molar-refractivity contribution in [2.45, 2.75) is 33.1 Å². The van der Waals surface area contributed by atoms with Crippen molar-refractivity contribution in [2.24, 2.45) is 5.92 Å². The Balaban J connectivity index is 2.40. The fourth-order valence-electron chi connectivity index (χ4n) is 1.37. The average Bonchev–Trinajstić information content (AvgIpc) is 2.65. The van der Waals surface area contributed by atoms with Gasteiger partial charge in [-0.15, -0.1) is 11.3 Å². The van der Waals surface area contributed by atoms with Crippen LogP contribution >= 0.6 is 11.3 Å². The van der Waals surface area contributed by atoms with Crippen LogP contribution in [-0.4, -0.2) is 12.9 Å². The first kappa shape index (κ1) is 12.2. The molecule has 0 aromatic carbocycles. The van der Waals surface area contributed by atoms with Crippen LogP contribution in [0.15, 0.2) is 11.4 Å². The standard InChI is InChI=1S/C12H18O2S/c1-9(2)5-4-6-11(13)12-7-10(14-3)8-15-12/h7-9H,4-6H2,1-3H3. The van der Waals surface area contributed by atoms with Gasteiger partial charge >= 0.3 is 0 Å². The quantitative estimate of drug-likeness (QED) is 0.690. The minimum atomic E-state index is 0.240. The van der Waals surface area contributed by atoms with Crippen LogP contribution in [0.4, 0.5) is 0 Å². The highest BCUT2D eigenvalue weighted by Crippen LogP contribution is 2.23. The summed E-state index contributed by atoms with van der Waals surface area (Å²) in [6, 6.07) is 1.82. The molecule has 0 unspecified atom stereocenters. The fraction of sp³-hybridized carbons (Fsp3) is 0.583. The van der Waals surface area contributed by atoms with E-state index in [0.717, 1.165) is 23.5 Å². The third kappa shape index (κ3) is 4.04. The Kier molecular flexibility index (Phi) is 4.82. The second-order valence-electron chi connectivity index (χ2n) is 4.06. The molecule has 0 spiro atoms. The van der Waals surface area contributed by atoms with Crippen LogP contribution in [-0.2, 0) is 0 Å². The number of hydrogen-bond donors (Lipinski definition) is 0. The normalized spacial score (nSPS) is 10.7. The van der Waals surface area contributed by atoms with Gasteiger partial charge in [0.2, 0.25) is 0 Å². The Labute approximate surface area is 95.3 Å². The summed E-state index contributed by atoms with van der Waals surface area (Å²) in [5.74, 6) is 1.70. The van der Waals surface area contributed by atoms with Crippen molar-refractivity contribution in [1.82, 2.24) is 0 Å². The predicted molar refractivity (Wildman–Crippen MR) is 63.9 cm³/mol. The summed E-state index contributed by atoms with van der Waals surface area (Å²) in [4.78, 5) is 12.5. The summed E-state index contributed by atoms with van der Waals surface area (Å²) >= 11 is 1.47. The minimum absolute atomic E-state index is 0.240. The van der Waals surface area contributed by atoms with Crippen LogP contribution in [0.25, 0.3) is 0 Å². The molecule has 1 aromatic heterocycles. The molecule has 1 aromatic rings. The van der Waals surface area contributed by atoms with E-state index in [2.05, 4.69) is 13.8 Å². The van der Waals surface area contributed by atoms with E-state index in [9.17, 15) is 4.79 Å². The highest BCUT2D eigenvalue weighted by atomic mass is 32.1. The number of ketones is 1. The van der Waals surface area contributed by atoms with Gasteiger partial charge in [-0.25, -0.2) is 0 Å². The van der Waals surface area contributed by atoms with Gasteiger partial charge in [-0.1, -0.05) is 20.3 Å². The van der Waals surface area contributed by atoms with Gasteiger partial charge in [-0.2, -0.15) is 0 Å². The van der Waals surface area contributed by atoms with E-state index in [-0.39, 0.29) is 5.78 Å². The van der Waals surface area contributed by atoms with Gasteiger partial charge in [-0.05, 0) is 12.3 Å². The Hall–Kier alpha value is -0.830. The van der Waals surface area contributed by atoms with Crippen LogP contribution in [0.1, 0.15) is 42.8 Å². The molecule has 0 radical (unpaired) electrons. The summed E-state index contributed by atoms with van der Waals surface area (Å²) in [7, 11) is 1.62. The monoisotopic (exact) mass is 226 g/mol. The van der Waals surface area contributed by atoms with Crippen LogP contribution in [0.2, 0.25) is 0 Å². The van der Waals surface area contributed by atoms with Gasteiger partial charge in [0.1, 0.15) is 5.75 Å². The van der Waals surface area contributed by atoms with E-state index in [1.54, 1.807) is 7.11 Å². The summed E-state index contributed by atoms with van der Waals surface area (Å²) < 4.78 is 5.05. The molecule has 0 aliphatic rings. The molecule has 84 valence electrons. The van der Waals surface area contributed by atoms with E-state index >= 15 is 0 Å². The van der Waals surface area contributed by atoms with Gasteiger partial charge < -0.3 is 4.74 Å². The maximum atomic E-state index is 11.7. The van der Waals surface area contributed by atoms with Gasteiger partial charge in [0.25, 0.3) is 0 Å². The van der Waals surface area contributed by atoms with Gasteiger partial charge in [0.15, 0.2) is 5.78 Å². The number of rotatable bonds is 6. The number of hydrogen-bond acceptors (Lipinski definition) is 3. The molecule has 0 saturated heterocycles. The predicted octanol–water partition coefficient (Wildman–Crippen LogP) is 3.77. The molecule has 1 heterocycles. The summed E-state index contributed by atoms with van der Waals surface area (Å²) in [5.41, 5.74) is 0. The Morgan fingerprint density at radius 2 is 2.27 bits per heavy atom. The molecule has 3 heteroatoms. The zero-order valence-electron chi connectivity index (χ0n) is 9.58. The zero-order chi connectivity index (χ0) is 11.3. The topological polar surface area (TPSA) is 26.3 Å². The van der Waals surface area contributed by atoms with E-state index in [4.69, 9.17) is 4.74 Å². The smallest absolute Gasteiger partial charge is 0.172 e. The molecular formula is C12H18O2S. The molecule has 0 saturated carbocycles. The summed E-state index contributed by atoms with van der Waals surface area (Å²) in [5, 5.41) is 1.87. The zero-order valence-corrected chi connectivity index (χ0v) is 10.4. The van der Waals surface area contributed by atoms with Crippen molar-refractivity contribution in [3.05, 3.63) is 16.3 Å². The number of ether oxygens (including phenoxy) is 1. The first-order valence-electron chi connectivity index (χ1n) is 5.29. The lowest BCUT2D eigenvalue weighted by Gasteiger charge is -2.02. The molecular weight excluding hydrogens is 208 g/mol. The molecule has 0 N–H and O–H groups in total.